The molecule has 2 aliphatic heterocycles. The van der Waals surface area contributed by atoms with Gasteiger partial charge in [0.15, 0.2) is 0 Å². The number of anilines is 2. The Hall–Kier alpha value is -1.40. The van der Waals surface area contributed by atoms with Gasteiger partial charge in [-0.1, -0.05) is 0 Å². The Labute approximate surface area is 126 Å². The molecule has 1 aromatic rings. The van der Waals surface area contributed by atoms with Gasteiger partial charge in [-0.3, -0.25) is 0 Å². The van der Waals surface area contributed by atoms with E-state index in [9.17, 15) is 0 Å². The van der Waals surface area contributed by atoms with Crippen molar-refractivity contribution in [2.45, 2.75) is 32.9 Å². The van der Waals surface area contributed by atoms with Crippen molar-refractivity contribution in [1.82, 2.24) is 9.97 Å². The summed E-state index contributed by atoms with van der Waals surface area (Å²) in [5, 5.41) is 0. The van der Waals surface area contributed by atoms with Crippen molar-refractivity contribution >= 4 is 11.6 Å². The van der Waals surface area contributed by atoms with Gasteiger partial charge in [-0.15, -0.1) is 0 Å². The summed E-state index contributed by atoms with van der Waals surface area (Å²) in [4.78, 5) is 13.9. The summed E-state index contributed by atoms with van der Waals surface area (Å²) < 4.78 is 11.0. The van der Waals surface area contributed by atoms with Crippen molar-refractivity contribution in [3.8, 4) is 0 Å². The maximum absolute atomic E-state index is 5.52. The largest absolute Gasteiger partial charge is 0.377 e. The molecule has 116 valence electrons. The maximum atomic E-state index is 5.52. The van der Waals surface area contributed by atoms with Crippen molar-refractivity contribution < 1.29 is 9.47 Å². The number of aromatic nitrogens is 2. The Kier molecular flexibility index (Phi) is 4.26. The minimum atomic E-state index is 0.350. The molecule has 2 fully saturated rings. The van der Waals surface area contributed by atoms with Crippen LogP contribution in [0, 0.1) is 6.92 Å². The van der Waals surface area contributed by atoms with Crippen LogP contribution in [0.1, 0.15) is 19.7 Å². The van der Waals surface area contributed by atoms with E-state index in [0.717, 1.165) is 57.0 Å². The van der Waals surface area contributed by atoms with E-state index < -0.39 is 0 Å². The molecule has 0 saturated carbocycles. The fraction of sp³-hybridized carbons (Fsp3) is 0.733. The van der Waals surface area contributed by atoms with Gasteiger partial charge >= 0.3 is 0 Å². The van der Waals surface area contributed by atoms with Gasteiger partial charge in [0.25, 0.3) is 0 Å². The normalized spacial score (nSPS) is 27.0. The Bertz CT molecular complexity index is 456. The lowest BCUT2D eigenvalue weighted by Gasteiger charge is -2.37. The van der Waals surface area contributed by atoms with Crippen molar-refractivity contribution in [3.05, 3.63) is 11.9 Å². The molecule has 1 aromatic heterocycles. The molecule has 0 spiro atoms. The van der Waals surface area contributed by atoms with E-state index in [1.54, 1.807) is 0 Å². The van der Waals surface area contributed by atoms with Crippen LogP contribution in [0.2, 0.25) is 0 Å². The lowest BCUT2D eigenvalue weighted by atomic mass is 10.2. The van der Waals surface area contributed by atoms with E-state index in [2.05, 4.69) is 39.7 Å². The second-order valence-corrected chi connectivity index (χ2v) is 5.87. The molecule has 0 radical (unpaired) electrons. The fourth-order valence-corrected chi connectivity index (χ4v) is 2.97. The smallest absolute Gasteiger partial charge is 0.134 e. The van der Waals surface area contributed by atoms with E-state index in [1.807, 2.05) is 6.92 Å². The minimum absolute atomic E-state index is 0.350. The highest BCUT2D eigenvalue weighted by molar-refractivity contribution is 5.52. The molecule has 2 saturated heterocycles. The molecule has 6 heteroatoms. The summed E-state index contributed by atoms with van der Waals surface area (Å²) in [5.74, 6) is 2.83. The van der Waals surface area contributed by atoms with Crippen LogP contribution in [0.3, 0.4) is 0 Å². The van der Waals surface area contributed by atoms with Gasteiger partial charge in [-0.25, -0.2) is 9.97 Å². The molecule has 0 unspecified atom stereocenters. The molecule has 0 amide bonds. The van der Waals surface area contributed by atoms with Crippen molar-refractivity contribution in [3.63, 3.8) is 0 Å². The molecule has 6 nitrogen and oxygen atoms in total. The Morgan fingerprint density at radius 1 is 0.952 bits per heavy atom. The summed E-state index contributed by atoms with van der Waals surface area (Å²) in [6, 6.07) is 2.81. The van der Waals surface area contributed by atoms with Gasteiger partial charge in [0.05, 0.1) is 38.5 Å². The summed E-state index contributed by atoms with van der Waals surface area (Å²) >= 11 is 0. The number of aryl methyl sites for hydroxylation is 1. The van der Waals surface area contributed by atoms with Crippen molar-refractivity contribution in [2.75, 3.05) is 49.3 Å². The molecule has 2 atom stereocenters. The first kappa shape index (κ1) is 14.5. The summed E-state index contributed by atoms with van der Waals surface area (Å²) in [5.41, 5.74) is 0. The molecule has 0 N–H and O–H groups in total. The topological polar surface area (TPSA) is 50.7 Å². The predicted molar refractivity (Wildman–Crippen MR) is 82.0 cm³/mol. The van der Waals surface area contributed by atoms with Crippen molar-refractivity contribution in [1.29, 1.82) is 0 Å². The van der Waals surface area contributed by atoms with E-state index in [1.165, 1.54) is 0 Å². The average Bonchev–Trinajstić information content (AvgIpc) is 2.47. The average molecular weight is 292 g/mol. The van der Waals surface area contributed by atoms with Crippen LogP contribution in [-0.2, 0) is 9.47 Å². The van der Waals surface area contributed by atoms with Gasteiger partial charge in [-0.05, 0) is 20.8 Å². The van der Waals surface area contributed by atoms with Crippen LogP contribution in [0.15, 0.2) is 6.07 Å². The highest BCUT2D eigenvalue weighted by atomic mass is 16.5. The molecular formula is C15H24N4O2. The maximum Gasteiger partial charge on any atom is 0.134 e. The fourth-order valence-electron chi connectivity index (χ4n) is 2.97. The highest BCUT2D eigenvalue weighted by Crippen LogP contribution is 2.24. The SMILES string of the molecule is Cc1nc(N2CCOC[C@@H]2C)cc(N2CCOC[C@@H]2C)n1. The molecule has 0 aromatic carbocycles. The zero-order valence-electron chi connectivity index (χ0n) is 13.1. The van der Waals surface area contributed by atoms with Gasteiger partial charge in [0, 0.05) is 19.2 Å². The van der Waals surface area contributed by atoms with Gasteiger partial charge in [0.2, 0.25) is 0 Å². The molecule has 3 rings (SSSR count). The molecule has 0 aliphatic carbocycles. The Morgan fingerprint density at radius 3 is 1.86 bits per heavy atom. The first-order chi connectivity index (χ1) is 10.1. The standard InChI is InChI=1S/C15H24N4O2/c1-11-9-20-6-4-18(11)14-8-15(17-13(3)16-14)19-5-7-21-10-12(19)2/h8,11-12H,4-7,9-10H2,1-3H3/t11-,12-/m0/s1. The van der Waals surface area contributed by atoms with E-state index in [4.69, 9.17) is 9.47 Å². The first-order valence-corrected chi connectivity index (χ1v) is 7.69. The van der Waals surface area contributed by atoms with Crippen molar-refractivity contribution in [2.24, 2.45) is 0 Å². The summed E-state index contributed by atoms with van der Waals surface area (Å²) in [7, 11) is 0. The molecule has 2 aliphatic rings. The highest BCUT2D eigenvalue weighted by Gasteiger charge is 2.24. The number of ether oxygens (including phenoxy) is 2. The van der Waals surface area contributed by atoms with Crippen LogP contribution >= 0.6 is 0 Å². The first-order valence-electron chi connectivity index (χ1n) is 7.69. The second-order valence-electron chi connectivity index (χ2n) is 5.87. The zero-order chi connectivity index (χ0) is 14.8. The molecule has 3 heterocycles. The van der Waals surface area contributed by atoms with Crippen LogP contribution < -0.4 is 9.80 Å². The van der Waals surface area contributed by atoms with Crippen LogP contribution in [0.4, 0.5) is 11.6 Å². The number of hydrogen-bond acceptors (Lipinski definition) is 6. The monoisotopic (exact) mass is 292 g/mol. The minimum Gasteiger partial charge on any atom is -0.377 e. The number of rotatable bonds is 2. The lowest BCUT2D eigenvalue weighted by molar-refractivity contribution is 0.0977. The molecular weight excluding hydrogens is 268 g/mol. The van der Waals surface area contributed by atoms with Crippen LogP contribution in [-0.4, -0.2) is 61.6 Å². The Balaban J connectivity index is 1.88. The van der Waals surface area contributed by atoms with Gasteiger partial charge in [0.1, 0.15) is 17.5 Å². The lowest BCUT2D eigenvalue weighted by Crippen LogP contribution is -2.46. The number of hydrogen-bond donors (Lipinski definition) is 0. The van der Waals surface area contributed by atoms with Gasteiger partial charge < -0.3 is 19.3 Å². The van der Waals surface area contributed by atoms with Crippen LogP contribution in [0.25, 0.3) is 0 Å². The number of morpholine rings is 2. The quantitative estimate of drug-likeness (QED) is 0.817. The Morgan fingerprint density at radius 2 is 1.43 bits per heavy atom. The van der Waals surface area contributed by atoms with E-state index >= 15 is 0 Å². The molecule has 0 bridgehead atoms. The third kappa shape index (κ3) is 3.11. The summed E-state index contributed by atoms with van der Waals surface area (Å²) in [6.45, 7) is 11.1. The third-order valence-corrected chi connectivity index (χ3v) is 4.13. The predicted octanol–water partition coefficient (Wildman–Crippen LogP) is 1.24. The van der Waals surface area contributed by atoms with Crippen LogP contribution in [0.5, 0.6) is 0 Å². The van der Waals surface area contributed by atoms with E-state index in [-0.39, 0.29) is 0 Å². The zero-order valence-corrected chi connectivity index (χ0v) is 13.1. The summed E-state index contributed by atoms with van der Waals surface area (Å²) in [6.07, 6.45) is 0. The molecule has 21 heavy (non-hydrogen) atoms. The number of nitrogens with zero attached hydrogens (tertiary/aromatic N) is 4. The van der Waals surface area contributed by atoms with Gasteiger partial charge in [-0.2, -0.15) is 0 Å². The van der Waals surface area contributed by atoms with E-state index in [0.29, 0.717) is 12.1 Å². The third-order valence-electron chi connectivity index (χ3n) is 4.13. The second kappa shape index (κ2) is 6.15.